The van der Waals surface area contributed by atoms with Crippen LogP contribution in [-0.2, 0) is 4.79 Å². The van der Waals surface area contributed by atoms with Gasteiger partial charge in [-0.3, -0.25) is 9.79 Å². The third-order valence-corrected chi connectivity index (χ3v) is 7.15. The van der Waals surface area contributed by atoms with Crippen LogP contribution in [0, 0.1) is 5.92 Å². The number of aliphatic imine (C=N–C) groups is 1. The monoisotopic (exact) mass is 495 g/mol. The summed E-state index contributed by atoms with van der Waals surface area (Å²) in [6.45, 7) is 6.21. The first kappa shape index (κ1) is 24.4. The van der Waals surface area contributed by atoms with Crippen molar-refractivity contribution in [3.05, 3.63) is 59.3 Å². The van der Waals surface area contributed by atoms with Crippen molar-refractivity contribution in [3.63, 3.8) is 0 Å². The van der Waals surface area contributed by atoms with Gasteiger partial charge < -0.3 is 14.4 Å². The zero-order valence-electron chi connectivity index (χ0n) is 20.6. The molecule has 2 fully saturated rings. The highest BCUT2D eigenvalue weighted by atomic mass is 19.3. The van der Waals surface area contributed by atoms with Gasteiger partial charge in [0.05, 0.1) is 31.8 Å². The number of hydrogen-bond acceptors (Lipinski definition) is 6. The first-order chi connectivity index (χ1) is 17.3. The largest absolute Gasteiger partial charge is 0.491 e. The van der Waals surface area contributed by atoms with E-state index in [2.05, 4.69) is 21.8 Å². The lowest BCUT2D eigenvalue weighted by Crippen LogP contribution is -2.25. The first-order valence-corrected chi connectivity index (χ1v) is 12.5. The van der Waals surface area contributed by atoms with E-state index in [0.717, 1.165) is 41.2 Å². The highest BCUT2D eigenvalue weighted by Gasteiger charge is 2.57. The summed E-state index contributed by atoms with van der Waals surface area (Å²) in [6.07, 6.45) is 4.57. The van der Waals surface area contributed by atoms with Crippen molar-refractivity contribution in [2.45, 2.75) is 51.1 Å². The molecule has 0 spiro atoms. The molecule has 5 rings (SSSR count). The van der Waals surface area contributed by atoms with E-state index >= 15 is 0 Å². The molecule has 6 nitrogen and oxygen atoms in total. The van der Waals surface area contributed by atoms with Gasteiger partial charge in [-0.25, -0.2) is 13.8 Å². The molecule has 1 saturated carbocycles. The molecule has 0 radical (unpaired) electrons. The molecule has 36 heavy (non-hydrogen) atoms. The summed E-state index contributed by atoms with van der Waals surface area (Å²) in [5.74, 6) is -0.866. The molecule has 8 heteroatoms. The van der Waals surface area contributed by atoms with Gasteiger partial charge in [-0.1, -0.05) is 19.1 Å². The van der Waals surface area contributed by atoms with Crippen LogP contribution in [0.4, 0.5) is 14.6 Å². The Bertz CT molecular complexity index is 1160. The summed E-state index contributed by atoms with van der Waals surface area (Å²) in [5.41, 5.74) is 2.91. The average molecular weight is 496 g/mol. The van der Waals surface area contributed by atoms with Crippen LogP contribution in [0.1, 0.15) is 44.6 Å². The lowest BCUT2D eigenvalue weighted by Gasteiger charge is -2.19. The number of allylic oxidation sites excluding steroid dienone is 1. The number of halogens is 2. The van der Waals surface area contributed by atoms with Gasteiger partial charge in [0.2, 0.25) is 0 Å². The topological polar surface area (TPSA) is 64.0 Å². The Balaban J connectivity index is 1.09. The van der Waals surface area contributed by atoms with Gasteiger partial charge in [0.15, 0.2) is 5.78 Å². The summed E-state index contributed by atoms with van der Waals surface area (Å²) in [5, 5.41) is 0. The van der Waals surface area contributed by atoms with Gasteiger partial charge >= 0.3 is 0 Å². The molecule has 0 bridgehead atoms. The van der Waals surface area contributed by atoms with E-state index in [4.69, 9.17) is 9.47 Å². The number of nitrogens with zero attached hydrogens (tertiary/aromatic N) is 3. The molecule has 2 aliphatic heterocycles. The fourth-order valence-corrected chi connectivity index (χ4v) is 4.68. The molecule has 0 amide bonds. The Kier molecular flexibility index (Phi) is 6.77. The van der Waals surface area contributed by atoms with E-state index in [1.807, 2.05) is 37.3 Å². The fraction of sp³-hybridized carbons (Fsp3) is 0.464. The number of alkyl halides is 2. The van der Waals surface area contributed by atoms with Gasteiger partial charge in [0.1, 0.15) is 23.4 Å². The van der Waals surface area contributed by atoms with Crippen LogP contribution in [0.15, 0.2) is 58.7 Å². The number of rotatable bonds is 10. The summed E-state index contributed by atoms with van der Waals surface area (Å²) in [7, 11) is 0. The quantitative estimate of drug-likeness (QED) is 0.451. The minimum Gasteiger partial charge on any atom is -0.491 e. The molecule has 1 saturated heterocycles. The Hall–Kier alpha value is -3.29. The summed E-state index contributed by atoms with van der Waals surface area (Å²) in [4.78, 5) is 23.3. The van der Waals surface area contributed by atoms with Crippen molar-refractivity contribution >= 4 is 17.8 Å². The van der Waals surface area contributed by atoms with Gasteiger partial charge in [-0.2, -0.15) is 0 Å². The van der Waals surface area contributed by atoms with Gasteiger partial charge in [0, 0.05) is 37.6 Å². The average Bonchev–Trinajstić information content (AvgIpc) is 3.20. The van der Waals surface area contributed by atoms with Crippen molar-refractivity contribution in [3.8, 4) is 11.5 Å². The Morgan fingerprint density at radius 2 is 1.94 bits per heavy atom. The van der Waals surface area contributed by atoms with Gasteiger partial charge in [-0.15, -0.1) is 0 Å². The third-order valence-electron chi connectivity index (χ3n) is 7.15. The van der Waals surface area contributed by atoms with E-state index in [0.29, 0.717) is 25.3 Å². The fourth-order valence-electron chi connectivity index (χ4n) is 4.68. The minimum atomic E-state index is -2.57. The maximum absolute atomic E-state index is 13.0. The minimum absolute atomic E-state index is 0.0219. The highest BCUT2D eigenvalue weighted by molar-refractivity contribution is 6.15. The summed E-state index contributed by atoms with van der Waals surface area (Å²) in [6, 6.07) is 11.6. The lowest BCUT2D eigenvalue weighted by atomic mass is 9.92. The molecule has 0 N–H and O–H groups in total. The summed E-state index contributed by atoms with van der Waals surface area (Å²) >= 11 is 0. The molecule has 190 valence electrons. The standard InChI is InChI=1S/C28H31F2N3O3/c1-18(11-26(34)25-15-31-13-19(25)2)20-3-5-22(6-4-20)36-24-9-10-33(16-24)27-8-7-23(14-32-27)35-17-21-12-28(21,29)30/h3-8,14-15,18,21,24H,9-13,16-17H2,1-2H3/t18-,21?,24?/m1/s1. The van der Waals surface area contributed by atoms with Crippen LogP contribution in [0.5, 0.6) is 11.5 Å². The second kappa shape index (κ2) is 9.99. The number of ether oxygens (including phenoxy) is 2. The Morgan fingerprint density at radius 1 is 1.19 bits per heavy atom. The smallest absolute Gasteiger partial charge is 0.255 e. The van der Waals surface area contributed by atoms with Crippen LogP contribution < -0.4 is 14.4 Å². The predicted octanol–water partition coefficient (Wildman–Crippen LogP) is 5.24. The number of ketones is 1. The number of anilines is 1. The number of carbonyl (C=O) groups excluding carboxylic acids is 1. The summed E-state index contributed by atoms with van der Waals surface area (Å²) < 4.78 is 37.6. The third kappa shape index (κ3) is 5.58. The molecular formula is C28H31F2N3O3. The van der Waals surface area contributed by atoms with Crippen LogP contribution in [0.25, 0.3) is 0 Å². The predicted molar refractivity (Wildman–Crippen MR) is 135 cm³/mol. The van der Waals surface area contributed by atoms with Crippen molar-refractivity contribution in [2.75, 3.05) is 31.1 Å². The normalized spacial score (nSPS) is 23.2. The highest BCUT2D eigenvalue weighted by Crippen LogP contribution is 2.48. The second-order valence-corrected chi connectivity index (χ2v) is 10.1. The molecule has 3 aliphatic rings. The van der Waals surface area contributed by atoms with Crippen molar-refractivity contribution in [1.82, 2.24) is 4.98 Å². The van der Waals surface area contributed by atoms with E-state index in [-0.39, 0.29) is 30.8 Å². The Labute approximate surface area is 210 Å². The molecule has 3 atom stereocenters. The first-order valence-electron chi connectivity index (χ1n) is 12.5. The molecule has 1 aromatic carbocycles. The number of pyridine rings is 1. The maximum Gasteiger partial charge on any atom is 0.255 e. The van der Waals surface area contributed by atoms with E-state index in [1.165, 1.54) is 0 Å². The number of carbonyl (C=O) groups is 1. The van der Waals surface area contributed by atoms with E-state index in [1.54, 1.807) is 18.5 Å². The van der Waals surface area contributed by atoms with Crippen LogP contribution in [0.2, 0.25) is 0 Å². The van der Waals surface area contributed by atoms with Crippen molar-refractivity contribution in [1.29, 1.82) is 0 Å². The molecular weight excluding hydrogens is 464 g/mol. The lowest BCUT2D eigenvalue weighted by molar-refractivity contribution is -0.115. The SMILES string of the molecule is CC1=C(C(=O)C[C@@H](C)c2ccc(OC3CCN(c4ccc(OCC5CC5(F)F)cn4)C3)cc2)C=NC1. The molecule has 3 heterocycles. The molecule has 2 aromatic rings. The van der Waals surface area contributed by atoms with E-state index in [9.17, 15) is 13.6 Å². The van der Waals surface area contributed by atoms with Crippen molar-refractivity contribution < 1.29 is 23.0 Å². The number of aromatic nitrogens is 1. The number of Topliss-reactive ketones (excluding diaryl/α,β-unsaturated/α-hetero) is 1. The van der Waals surface area contributed by atoms with Crippen LogP contribution in [-0.4, -0.2) is 55.2 Å². The second-order valence-electron chi connectivity index (χ2n) is 10.1. The zero-order valence-corrected chi connectivity index (χ0v) is 20.6. The maximum atomic E-state index is 13.0. The number of hydrogen-bond donors (Lipinski definition) is 0. The molecule has 1 aliphatic carbocycles. The zero-order chi connectivity index (χ0) is 25.3. The molecule has 1 aromatic heterocycles. The van der Waals surface area contributed by atoms with Crippen LogP contribution >= 0.6 is 0 Å². The Morgan fingerprint density at radius 3 is 2.58 bits per heavy atom. The van der Waals surface area contributed by atoms with Gasteiger partial charge in [-0.05, 0) is 48.2 Å². The van der Waals surface area contributed by atoms with Crippen LogP contribution in [0.3, 0.4) is 0 Å². The van der Waals surface area contributed by atoms with E-state index < -0.39 is 11.8 Å². The van der Waals surface area contributed by atoms with Gasteiger partial charge in [0.25, 0.3) is 5.92 Å². The van der Waals surface area contributed by atoms with Crippen molar-refractivity contribution in [2.24, 2.45) is 10.9 Å². The number of benzene rings is 1. The molecule has 2 unspecified atom stereocenters.